The van der Waals surface area contributed by atoms with Crippen LogP contribution in [0.3, 0.4) is 0 Å². The fourth-order valence-electron chi connectivity index (χ4n) is 2.34. The van der Waals surface area contributed by atoms with Crippen molar-refractivity contribution in [3.8, 4) is 12.3 Å². The number of benzene rings is 1. The van der Waals surface area contributed by atoms with Crippen LogP contribution in [0.1, 0.15) is 29.5 Å². The molecule has 0 radical (unpaired) electrons. The van der Waals surface area contributed by atoms with Gasteiger partial charge in [0, 0.05) is 6.54 Å². The van der Waals surface area contributed by atoms with Gasteiger partial charge in [0.05, 0.1) is 18.0 Å². The van der Waals surface area contributed by atoms with Gasteiger partial charge in [0.1, 0.15) is 0 Å². The van der Waals surface area contributed by atoms with Crippen LogP contribution in [0.5, 0.6) is 0 Å². The van der Waals surface area contributed by atoms with Crippen LogP contribution in [-0.4, -0.2) is 30.9 Å². The van der Waals surface area contributed by atoms with Crippen molar-refractivity contribution >= 4 is 10.0 Å². The third-order valence-electron chi connectivity index (χ3n) is 3.91. The summed E-state index contributed by atoms with van der Waals surface area (Å²) in [5.41, 5.74) is 2.17. The molecule has 2 rings (SSSR count). The highest BCUT2D eigenvalue weighted by Crippen LogP contribution is 2.32. The molecule has 1 aromatic carbocycles. The lowest BCUT2D eigenvalue weighted by atomic mass is 10.1. The van der Waals surface area contributed by atoms with Crippen molar-refractivity contribution in [2.75, 3.05) is 13.1 Å². The van der Waals surface area contributed by atoms with E-state index >= 15 is 0 Å². The lowest BCUT2D eigenvalue weighted by Crippen LogP contribution is -2.34. The largest absolute Gasteiger partial charge is 0.392 e. The smallest absolute Gasteiger partial charge is 0.244 e. The van der Waals surface area contributed by atoms with Crippen molar-refractivity contribution < 1.29 is 13.5 Å². The van der Waals surface area contributed by atoms with Crippen LogP contribution in [0, 0.1) is 32.1 Å². The van der Waals surface area contributed by atoms with Gasteiger partial charge in [-0.2, -0.15) is 4.31 Å². The van der Waals surface area contributed by atoms with E-state index in [0.717, 1.165) is 18.4 Å². The molecule has 0 saturated heterocycles. The van der Waals surface area contributed by atoms with E-state index in [1.54, 1.807) is 19.1 Å². The molecule has 1 N–H and O–H groups in total. The first kappa shape index (κ1) is 16.0. The summed E-state index contributed by atoms with van der Waals surface area (Å²) in [4.78, 5) is 0.252. The Labute approximate surface area is 126 Å². The van der Waals surface area contributed by atoms with E-state index in [9.17, 15) is 13.5 Å². The maximum atomic E-state index is 12.9. The van der Waals surface area contributed by atoms with Crippen LogP contribution in [-0.2, 0) is 16.6 Å². The summed E-state index contributed by atoms with van der Waals surface area (Å²) in [5.74, 6) is 2.86. The zero-order chi connectivity index (χ0) is 15.6. The van der Waals surface area contributed by atoms with Crippen LogP contribution >= 0.6 is 0 Å². The molecule has 0 bridgehead atoms. The number of hydrogen-bond acceptors (Lipinski definition) is 3. The molecule has 5 heteroatoms. The predicted octanol–water partition coefficient (Wildman–Crippen LogP) is 1.83. The molecule has 0 unspecified atom stereocenters. The average Bonchev–Trinajstić information content (AvgIpc) is 3.25. The number of aliphatic hydroxyl groups excluding tert-OH is 1. The molecule has 0 atom stereocenters. The third-order valence-corrected chi connectivity index (χ3v) is 5.84. The van der Waals surface area contributed by atoms with E-state index < -0.39 is 10.0 Å². The normalized spacial score (nSPS) is 15.2. The fraction of sp³-hybridized carbons (Fsp3) is 0.500. The lowest BCUT2D eigenvalue weighted by Gasteiger charge is -2.22. The minimum Gasteiger partial charge on any atom is -0.392 e. The summed E-state index contributed by atoms with van der Waals surface area (Å²) < 4.78 is 27.1. The van der Waals surface area contributed by atoms with Gasteiger partial charge in [0.2, 0.25) is 10.0 Å². The van der Waals surface area contributed by atoms with Gasteiger partial charge in [-0.3, -0.25) is 0 Å². The highest BCUT2D eigenvalue weighted by atomic mass is 32.2. The summed E-state index contributed by atoms with van der Waals surface area (Å²) >= 11 is 0. The Kier molecular flexibility index (Phi) is 4.72. The van der Waals surface area contributed by atoms with E-state index in [2.05, 4.69) is 5.92 Å². The molecule has 0 aromatic heterocycles. The third kappa shape index (κ3) is 3.46. The highest BCUT2D eigenvalue weighted by Gasteiger charge is 2.32. The summed E-state index contributed by atoms with van der Waals surface area (Å²) in [5, 5.41) is 9.30. The van der Waals surface area contributed by atoms with Gasteiger partial charge in [0.15, 0.2) is 0 Å². The second-order valence-electron chi connectivity index (χ2n) is 5.64. The molecule has 1 fully saturated rings. The van der Waals surface area contributed by atoms with Gasteiger partial charge < -0.3 is 5.11 Å². The molecular weight excluding hydrogens is 286 g/mol. The van der Waals surface area contributed by atoms with E-state index in [1.165, 1.54) is 4.31 Å². The topological polar surface area (TPSA) is 57.6 Å². The summed E-state index contributed by atoms with van der Waals surface area (Å²) in [7, 11) is -3.62. The molecule has 1 aromatic rings. The Morgan fingerprint density at radius 2 is 2.05 bits per heavy atom. The maximum Gasteiger partial charge on any atom is 0.244 e. The van der Waals surface area contributed by atoms with Crippen LogP contribution in [0.15, 0.2) is 17.0 Å². The summed E-state index contributed by atoms with van der Waals surface area (Å²) in [6.07, 6.45) is 7.45. The quantitative estimate of drug-likeness (QED) is 0.816. The maximum absolute atomic E-state index is 12.9. The molecule has 0 aliphatic heterocycles. The van der Waals surface area contributed by atoms with Gasteiger partial charge in [-0.15, -0.1) is 6.42 Å². The minimum atomic E-state index is -3.62. The monoisotopic (exact) mass is 307 g/mol. The lowest BCUT2D eigenvalue weighted by molar-refractivity contribution is 0.281. The molecule has 4 nitrogen and oxygen atoms in total. The van der Waals surface area contributed by atoms with Crippen molar-refractivity contribution in [2.45, 2.75) is 38.2 Å². The molecule has 0 heterocycles. The second kappa shape index (κ2) is 6.18. The van der Waals surface area contributed by atoms with Crippen LogP contribution in [0.4, 0.5) is 0 Å². The van der Waals surface area contributed by atoms with Gasteiger partial charge >= 0.3 is 0 Å². The number of terminal acetylenes is 1. The standard InChI is InChI=1S/C16H21NO3S/c1-4-7-17(10-14-5-6-14)21(19,20)16-9-15(11-18)8-12(2)13(16)3/h1,8-9,14,18H,5-7,10-11H2,2-3H3. The zero-order valence-electron chi connectivity index (χ0n) is 12.5. The predicted molar refractivity (Wildman–Crippen MR) is 82.2 cm³/mol. The van der Waals surface area contributed by atoms with E-state index in [0.29, 0.717) is 23.6 Å². The Balaban J connectivity index is 2.45. The van der Waals surface area contributed by atoms with Crippen LogP contribution in [0.25, 0.3) is 0 Å². The summed E-state index contributed by atoms with van der Waals surface area (Å²) in [6.45, 7) is 4.02. The van der Waals surface area contributed by atoms with E-state index in [-0.39, 0.29) is 18.0 Å². The number of aryl methyl sites for hydroxylation is 1. The number of aliphatic hydroxyl groups is 1. The van der Waals surface area contributed by atoms with E-state index in [1.807, 2.05) is 6.92 Å². The van der Waals surface area contributed by atoms with Crippen molar-refractivity contribution in [3.63, 3.8) is 0 Å². The Hall–Kier alpha value is -1.35. The Bertz CT molecular complexity index is 669. The highest BCUT2D eigenvalue weighted by molar-refractivity contribution is 7.89. The number of rotatable bonds is 6. The number of sulfonamides is 1. The van der Waals surface area contributed by atoms with Crippen molar-refractivity contribution in [3.05, 3.63) is 28.8 Å². The molecule has 0 amide bonds. The van der Waals surface area contributed by atoms with Gasteiger partial charge in [0.25, 0.3) is 0 Å². The molecule has 1 saturated carbocycles. The molecule has 21 heavy (non-hydrogen) atoms. The molecule has 114 valence electrons. The van der Waals surface area contributed by atoms with Crippen LogP contribution in [0.2, 0.25) is 0 Å². The molecular formula is C16H21NO3S. The first-order valence-corrected chi connectivity index (χ1v) is 8.48. The molecule has 1 aliphatic carbocycles. The van der Waals surface area contributed by atoms with Crippen molar-refractivity contribution in [1.29, 1.82) is 0 Å². The Morgan fingerprint density at radius 3 is 2.57 bits per heavy atom. The molecule has 0 spiro atoms. The van der Waals surface area contributed by atoms with Gasteiger partial charge in [-0.25, -0.2) is 8.42 Å². The van der Waals surface area contributed by atoms with Crippen LogP contribution < -0.4 is 0 Å². The first-order valence-electron chi connectivity index (χ1n) is 7.04. The summed E-state index contributed by atoms with van der Waals surface area (Å²) in [6, 6.07) is 3.36. The SMILES string of the molecule is C#CCN(CC1CC1)S(=O)(=O)c1cc(CO)cc(C)c1C. The van der Waals surface area contributed by atoms with E-state index in [4.69, 9.17) is 6.42 Å². The second-order valence-corrected chi connectivity index (χ2v) is 7.55. The fourth-order valence-corrected chi connectivity index (χ4v) is 4.11. The molecule has 1 aliphatic rings. The average molecular weight is 307 g/mol. The number of nitrogens with zero attached hydrogens (tertiary/aromatic N) is 1. The Morgan fingerprint density at radius 1 is 1.38 bits per heavy atom. The zero-order valence-corrected chi connectivity index (χ0v) is 13.3. The van der Waals surface area contributed by atoms with Gasteiger partial charge in [-0.05, 0) is 55.4 Å². The minimum absolute atomic E-state index is 0.0840. The number of hydrogen-bond donors (Lipinski definition) is 1. The van der Waals surface area contributed by atoms with Gasteiger partial charge in [-0.1, -0.05) is 12.0 Å². The first-order chi connectivity index (χ1) is 9.90. The van der Waals surface area contributed by atoms with Crippen molar-refractivity contribution in [2.24, 2.45) is 5.92 Å². The van der Waals surface area contributed by atoms with Crippen molar-refractivity contribution in [1.82, 2.24) is 4.31 Å².